The van der Waals surface area contributed by atoms with Gasteiger partial charge in [-0.3, -0.25) is 0 Å². The molecule has 0 spiro atoms. The fraction of sp³-hybridized carbons (Fsp3) is 0.478. The number of benzene rings is 2. The van der Waals surface area contributed by atoms with E-state index in [4.69, 9.17) is 9.47 Å². The maximum absolute atomic E-state index is 10.5. The van der Waals surface area contributed by atoms with Crippen molar-refractivity contribution in [2.75, 3.05) is 32.8 Å². The molecule has 0 radical (unpaired) electrons. The molecular formula is C23H31NO3. The van der Waals surface area contributed by atoms with Gasteiger partial charge in [-0.25, -0.2) is 0 Å². The smallest absolute Gasteiger partial charge is 0.119 e. The fourth-order valence-electron chi connectivity index (χ4n) is 3.40. The highest BCUT2D eigenvalue weighted by Gasteiger charge is 2.16. The van der Waals surface area contributed by atoms with Crippen molar-refractivity contribution in [2.24, 2.45) is 0 Å². The lowest BCUT2D eigenvalue weighted by Gasteiger charge is -2.28. The first-order valence-corrected chi connectivity index (χ1v) is 10.1. The summed E-state index contributed by atoms with van der Waals surface area (Å²) in [7, 11) is 0. The number of aliphatic hydroxyl groups is 1. The zero-order valence-corrected chi connectivity index (χ0v) is 16.1. The average Bonchev–Trinajstić information content (AvgIpc) is 2.72. The Morgan fingerprint density at radius 2 is 1.48 bits per heavy atom. The van der Waals surface area contributed by atoms with Crippen molar-refractivity contribution in [3.05, 3.63) is 60.2 Å². The number of hydrogen-bond acceptors (Lipinski definition) is 4. The van der Waals surface area contributed by atoms with Crippen LogP contribution in [0.4, 0.5) is 0 Å². The second kappa shape index (κ2) is 11.0. The summed E-state index contributed by atoms with van der Waals surface area (Å²) < 4.78 is 11.5. The Balaban J connectivity index is 1.35. The minimum atomic E-state index is -0.453. The highest BCUT2D eigenvalue weighted by atomic mass is 16.5. The summed E-state index contributed by atoms with van der Waals surface area (Å²) in [5.74, 6) is 1.74. The number of piperidine rings is 1. The van der Waals surface area contributed by atoms with Crippen LogP contribution in [0.2, 0.25) is 0 Å². The van der Waals surface area contributed by atoms with Crippen LogP contribution in [0.15, 0.2) is 54.6 Å². The maximum Gasteiger partial charge on any atom is 0.119 e. The van der Waals surface area contributed by atoms with Crippen molar-refractivity contribution < 1.29 is 14.6 Å². The van der Waals surface area contributed by atoms with E-state index in [1.165, 1.54) is 19.3 Å². The largest absolute Gasteiger partial charge is 0.494 e. The Bertz CT molecular complexity index is 656. The molecule has 3 rings (SSSR count). The van der Waals surface area contributed by atoms with Crippen molar-refractivity contribution in [3.8, 4) is 11.5 Å². The SMILES string of the molecule is OC(CN1CCCCC1)c1cccc(OCCCCOc2ccccc2)c1. The van der Waals surface area contributed by atoms with Crippen LogP contribution in [0.1, 0.15) is 43.8 Å². The maximum atomic E-state index is 10.5. The number of nitrogens with zero attached hydrogens (tertiary/aromatic N) is 1. The molecule has 1 unspecified atom stereocenters. The lowest BCUT2D eigenvalue weighted by molar-refractivity contribution is 0.101. The van der Waals surface area contributed by atoms with Crippen LogP contribution in [0.25, 0.3) is 0 Å². The quantitative estimate of drug-likeness (QED) is 0.629. The standard InChI is InChI=1S/C23H31NO3/c25-23(19-24-14-5-2-6-15-24)20-10-9-13-22(18-20)27-17-8-7-16-26-21-11-3-1-4-12-21/h1,3-4,9-13,18,23,25H,2,5-8,14-17,19H2. The van der Waals surface area contributed by atoms with E-state index in [1.807, 2.05) is 54.6 Å². The van der Waals surface area contributed by atoms with E-state index in [9.17, 15) is 5.11 Å². The first kappa shape index (κ1) is 19.7. The molecule has 2 aromatic rings. The van der Waals surface area contributed by atoms with Gasteiger partial charge in [0.25, 0.3) is 0 Å². The zero-order chi connectivity index (χ0) is 18.7. The molecule has 0 saturated carbocycles. The van der Waals surface area contributed by atoms with Crippen LogP contribution in [0, 0.1) is 0 Å². The van der Waals surface area contributed by atoms with Crippen molar-refractivity contribution in [1.29, 1.82) is 0 Å². The first-order valence-electron chi connectivity index (χ1n) is 10.1. The van der Waals surface area contributed by atoms with E-state index >= 15 is 0 Å². The summed E-state index contributed by atoms with van der Waals surface area (Å²) in [6, 6.07) is 17.7. The van der Waals surface area contributed by atoms with Gasteiger partial charge in [0.05, 0.1) is 19.3 Å². The lowest BCUT2D eigenvalue weighted by Crippen LogP contribution is -2.33. The van der Waals surface area contributed by atoms with Gasteiger partial charge in [0.1, 0.15) is 11.5 Å². The van der Waals surface area contributed by atoms with Gasteiger partial charge in [0.2, 0.25) is 0 Å². The van der Waals surface area contributed by atoms with Gasteiger partial charge in [-0.05, 0) is 68.6 Å². The fourth-order valence-corrected chi connectivity index (χ4v) is 3.40. The average molecular weight is 370 g/mol. The van der Waals surface area contributed by atoms with Gasteiger partial charge in [-0.2, -0.15) is 0 Å². The van der Waals surface area contributed by atoms with E-state index in [0.29, 0.717) is 19.8 Å². The highest BCUT2D eigenvalue weighted by Crippen LogP contribution is 2.22. The predicted octanol–water partition coefficient (Wildman–Crippen LogP) is 4.44. The monoisotopic (exact) mass is 369 g/mol. The molecule has 1 saturated heterocycles. The normalized spacial score (nSPS) is 16.0. The predicted molar refractivity (Wildman–Crippen MR) is 108 cm³/mol. The van der Waals surface area contributed by atoms with Crippen LogP contribution in [0.3, 0.4) is 0 Å². The molecule has 27 heavy (non-hydrogen) atoms. The number of likely N-dealkylation sites (tertiary alicyclic amines) is 1. The number of aliphatic hydroxyl groups excluding tert-OH is 1. The molecule has 1 fully saturated rings. The molecule has 0 aliphatic carbocycles. The van der Waals surface area contributed by atoms with E-state index < -0.39 is 6.10 Å². The minimum Gasteiger partial charge on any atom is -0.494 e. The van der Waals surface area contributed by atoms with E-state index in [0.717, 1.165) is 43.0 Å². The molecule has 1 aliphatic heterocycles. The number of β-amino-alcohol motifs (C(OH)–C–C–N with tert-alkyl or cyclic N) is 1. The second-order valence-corrected chi connectivity index (χ2v) is 7.17. The van der Waals surface area contributed by atoms with Crippen LogP contribution in [0.5, 0.6) is 11.5 Å². The van der Waals surface area contributed by atoms with Gasteiger partial charge in [0.15, 0.2) is 0 Å². The Hall–Kier alpha value is -2.04. The van der Waals surface area contributed by atoms with Gasteiger partial charge in [-0.1, -0.05) is 36.8 Å². The summed E-state index contributed by atoms with van der Waals surface area (Å²) >= 11 is 0. The summed E-state index contributed by atoms with van der Waals surface area (Å²) in [6.07, 6.45) is 5.23. The molecule has 0 amide bonds. The molecule has 4 heteroatoms. The third-order valence-corrected chi connectivity index (χ3v) is 4.94. The van der Waals surface area contributed by atoms with Crippen molar-refractivity contribution in [3.63, 3.8) is 0 Å². The number of unbranched alkanes of at least 4 members (excludes halogenated alkanes) is 1. The van der Waals surface area contributed by atoms with E-state index in [2.05, 4.69) is 4.90 Å². The van der Waals surface area contributed by atoms with Gasteiger partial charge < -0.3 is 19.5 Å². The van der Waals surface area contributed by atoms with E-state index in [-0.39, 0.29) is 0 Å². The topological polar surface area (TPSA) is 41.9 Å². The van der Waals surface area contributed by atoms with Crippen LogP contribution in [-0.4, -0.2) is 42.9 Å². The number of ether oxygens (including phenoxy) is 2. The third kappa shape index (κ3) is 6.89. The van der Waals surface area contributed by atoms with Gasteiger partial charge >= 0.3 is 0 Å². The molecule has 146 valence electrons. The van der Waals surface area contributed by atoms with Crippen molar-refractivity contribution in [1.82, 2.24) is 4.90 Å². The summed E-state index contributed by atoms with van der Waals surface area (Å²) in [6.45, 7) is 4.25. The van der Waals surface area contributed by atoms with Crippen molar-refractivity contribution >= 4 is 0 Å². The van der Waals surface area contributed by atoms with Crippen LogP contribution >= 0.6 is 0 Å². The lowest BCUT2D eigenvalue weighted by atomic mass is 10.1. The van der Waals surface area contributed by atoms with Gasteiger partial charge in [0, 0.05) is 6.54 Å². The number of para-hydroxylation sites is 1. The molecule has 0 bridgehead atoms. The molecular weight excluding hydrogens is 338 g/mol. The number of hydrogen-bond donors (Lipinski definition) is 1. The highest BCUT2D eigenvalue weighted by molar-refractivity contribution is 5.30. The summed E-state index contributed by atoms with van der Waals surface area (Å²) in [5.41, 5.74) is 0.936. The second-order valence-electron chi connectivity index (χ2n) is 7.17. The van der Waals surface area contributed by atoms with Crippen LogP contribution < -0.4 is 9.47 Å². The minimum absolute atomic E-state index is 0.453. The molecule has 4 nitrogen and oxygen atoms in total. The van der Waals surface area contributed by atoms with E-state index in [1.54, 1.807) is 0 Å². The Kier molecular flexibility index (Phi) is 8.00. The first-order chi connectivity index (χ1) is 13.3. The molecule has 1 aliphatic rings. The van der Waals surface area contributed by atoms with Crippen LogP contribution in [-0.2, 0) is 0 Å². The number of rotatable bonds is 10. The zero-order valence-electron chi connectivity index (χ0n) is 16.1. The Morgan fingerprint density at radius 3 is 2.22 bits per heavy atom. The van der Waals surface area contributed by atoms with Crippen molar-refractivity contribution in [2.45, 2.75) is 38.2 Å². The van der Waals surface area contributed by atoms with Gasteiger partial charge in [-0.15, -0.1) is 0 Å². The summed E-state index contributed by atoms with van der Waals surface area (Å²) in [5, 5.41) is 10.5. The summed E-state index contributed by atoms with van der Waals surface area (Å²) in [4.78, 5) is 2.36. The molecule has 1 atom stereocenters. The molecule has 2 aromatic carbocycles. The third-order valence-electron chi connectivity index (χ3n) is 4.94. The molecule has 0 aromatic heterocycles. The Morgan fingerprint density at radius 1 is 0.815 bits per heavy atom. The molecule has 1 heterocycles. The molecule has 1 N–H and O–H groups in total. The Labute approximate surface area is 162 Å².